The van der Waals surface area contributed by atoms with E-state index in [1.54, 1.807) is 0 Å². The van der Waals surface area contributed by atoms with Gasteiger partial charge in [0.05, 0.1) is 18.7 Å². The number of aryl methyl sites for hydroxylation is 1. The average Bonchev–Trinajstić information content (AvgIpc) is 3.18. The third-order valence-corrected chi connectivity index (χ3v) is 6.37. The van der Waals surface area contributed by atoms with Crippen LogP contribution in [0.15, 0.2) is 21.2 Å². The molecule has 7 heteroatoms. The lowest BCUT2D eigenvalue weighted by Gasteiger charge is -2.48. The fourth-order valence-corrected chi connectivity index (χ4v) is 4.88. The van der Waals surface area contributed by atoms with Gasteiger partial charge in [-0.1, -0.05) is 19.3 Å². The molecule has 1 N–H and O–H groups in total. The molecule has 0 unspecified atom stereocenters. The number of nitrogens with one attached hydrogen (secondary N) is 1. The summed E-state index contributed by atoms with van der Waals surface area (Å²) in [6, 6.07) is 3.71. The van der Waals surface area contributed by atoms with Gasteiger partial charge >= 0.3 is 0 Å². The molecule has 3 heterocycles. The van der Waals surface area contributed by atoms with Crippen molar-refractivity contribution in [3.05, 3.63) is 22.5 Å². The molecule has 1 saturated carbocycles. The molecule has 142 valence electrons. The first kappa shape index (κ1) is 18.1. The van der Waals surface area contributed by atoms with Gasteiger partial charge in [-0.2, -0.15) is 0 Å². The molecule has 6 nitrogen and oxygen atoms in total. The Morgan fingerprint density at radius 2 is 1.96 bits per heavy atom. The Bertz CT molecular complexity index is 785. The Morgan fingerprint density at radius 3 is 2.65 bits per heavy atom. The van der Waals surface area contributed by atoms with Crippen molar-refractivity contribution in [3.63, 3.8) is 0 Å². The molecule has 2 aliphatic rings. The molecular weight excluding hydrogens is 398 g/mol. The van der Waals surface area contributed by atoms with Crippen LogP contribution in [0, 0.1) is 0 Å². The number of furan rings is 1. The summed E-state index contributed by atoms with van der Waals surface area (Å²) in [4.78, 5) is 15.4. The number of aromatic nitrogens is 1. The fourth-order valence-electron chi connectivity index (χ4n) is 4.49. The summed E-state index contributed by atoms with van der Waals surface area (Å²) in [6.07, 6.45) is 6.06. The third-order valence-electron chi connectivity index (χ3n) is 5.98. The lowest BCUT2D eigenvalue weighted by atomic mass is 9.79. The van der Waals surface area contributed by atoms with Crippen molar-refractivity contribution in [3.8, 4) is 0 Å². The summed E-state index contributed by atoms with van der Waals surface area (Å²) in [5.41, 5.74) is 2.36. The van der Waals surface area contributed by atoms with Crippen LogP contribution in [0.3, 0.4) is 0 Å². The van der Waals surface area contributed by atoms with Gasteiger partial charge in [0.1, 0.15) is 5.69 Å². The van der Waals surface area contributed by atoms with Gasteiger partial charge in [0.25, 0.3) is 5.91 Å². The first-order valence-electron chi connectivity index (χ1n) is 9.45. The van der Waals surface area contributed by atoms with Crippen molar-refractivity contribution in [2.75, 3.05) is 32.8 Å². The van der Waals surface area contributed by atoms with Gasteiger partial charge in [-0.15, -0.1) is 0 Å². The first-order chi connectivity index (χ1) is 12.6. The lowest BCUT2D eigenvalue weighted by molar-refractivity contribution is -0.0361. The number of nitrogens with zero attached hydrogens (tertiary/aromatic N) is 2. The molecule has 1 saturated heterocycles. The molecule has 2 fully saturated rings. The Morgan fingerprint density at radius 1 is 1.23 bits per heavy atom. The molecule has 0 bridgehead atoms. The van der Waals surface area contributed by atoms with Crippen molar-refractivity contribution in [2.24, 2.45) is 7.05 Å². The number of carbonyl (C=O) groups is 1. The molecule has 0 spiro atoms. The normalized spacial score (nSPS) is 21.2. The van der Waals surface area contributed by atoms with Crippen molar-refractivity contribution < 1.29 is 13.9 Å². The SMILES string of the molecule is Cn1c(C(=O)NCC2(N3CCOCC3)CCCCC2)cc2oc(Br)cc21. The van der Waals surface area contributed by atoms with Crippen LogP contribution in [0.25, 0.3) is 11.1 Å². The van der Waals surface area contributed by atoms with Gasteiger partial charge in [-0.3, -0.25) is 9.69 Å². The van der Waals surface area contributed by atoms with E-state index in [2.05, 4.69) is 26.1 Å². The zero-order valence-electron chi connectivity index (χ0n) is 15.2. The van der Waals surface area contributed by atoms with E-state index in [1.165, 1.54) is 19.3 Å². The second kappa shape index (κ2) is 7.37. The Hall–Kier alpha value is -1.31. The van der Waals surface area contributed by atoms with E-state index < -0.39 is 0 Å². The quantitative estimate of drug-likeness (QED) is 0.819. The molecule has 4 rings (SSSR count). The molecule has 2 aromatic rings. The van der Waals surface area contributed by atoms with Gasteiger partial charge in [0.2, 0.25) is 0 Å². The number of rotatable bonds is 4. The topological polar surface area (TPSA) is 59.6 Å². The van der Waals surface area contributed by atoms with Crippen molar-refractivity contribution in [1.29, 1.82) is 0 Å². The highest BCUT2D eigenvalue weighted by molar-refractivity contribution is 9.10. The maximum atomic E-state index is 12.9. The number of hydrogen-bond acceptors (Lipinski definition) is 4. The number of fused-ring (bicyclic) bond motifs is 1. The number of carbonyl (C=O) groups excluding carboxylic acids is 1. The molecular formula is C19H26BrN3O3. The largest absolute Gasteiger partial charge is 0.448 e. The number of ether oxygens (including phenoxy) is 1. The van der Waals surface area contributed by atoms with Crippen molar-refractivity contribution >= 4 is 32.9 Å². The minimum absolute atomic E-state index is 0.0340. The van der Waals surface area contributed by atoms with Crippen molar-refractivity contribution in [2.45, 2.75) is 37.6 Å². The van der Waals surface area contributed by atoms with Crippen LogP contribution in [0.1, 0.15) is 42.6 Å². The van der Waals surface area contributed by atoms with E-state index in [0.29, 0.717) is 16.9 Å². The summed E-state index contributed by atoms with van der Waals surface area (Å²) in [6.45, 7) is 4.20. The fraction of sp³-hybridized carbons (Fsp3) is 0.632. The standard InChI is InChI=1S/C19H26BrN3O3/c1-22-14-12-17(20)26-16(14)11-15(22)18(24)21-13-19(5-3-2-4-6-19)23-7-9-25-10-8-23/h11-12H,2-10,13H2,1H3,(H,21,24). The maximum Gasteiger partial charge on any atom is 0.268 e. The minimum atomic E-state index is -0.0340. The minimum Gasteiger partial charge on any atom is -0.448 e. The van der Waals surface area contributed by atoms with E-state index in [-0.39, 0.29) is 11.4 Å². The van der Waals surface area contributed by atoms with Crippen LogP contribution in [0.4, 0.5) is 0 Å². The average molecular weight is 424 g/mol. The summed E-state index contributed by atoms with van der Waals surface area (Å²) < 4.78 is 13.7. The Balaban J connectivity index is 1.50. The maximum absolute atomic E-state index is 12.9. The highest BCUT2D eigenvalue weighted by atomic mass is 79.9. The zero-order valence-corrected chi connectivity index (χ0v) is 16.8. The van der Waals surface area contributed by atoms with Crippen LogP contribution in [-0.4, -0.2) is 53.8 Å². The highest BCUT2D eigenvalue weighted by Gasteiger charge is 2.39. The van der Waals surface area contributed by atoms with Crippen LogP contribution in [-0.2, 0) is 11.8 Å². The second-order valence-corrected chi connectivity index (χ2v) is 8.24. The molecule has 26 heavy (non-hydrogen) atoms. The van der Waals surface area contributed by atoms with Gasteiger partial charge < -0.3 is 19.0 Å². The molecule has 1 amide bonds. The van der Waals surface area contributed by atoms with Gasteiger partial charge in [-0.25, -0.2) is 0 Å². The molecule has 1 aliphatic heterocycles. The van der Waals surface area contributed by atoms with E-state index in [9.17, 15) is 4.79 Å². The van der Waals surface area contributed by atoms with Crippen LogP contribution in [0.5, 0.6) is 0 Å². The van der Waals surface area contributed by atoms with E-state index in [1.807, 2.05) is 23.7 Å². The van der Waals surface area contributed by atoms with E-state index in [4.69, 9.17) is 9.15 Å². The van der Waals surface area contributed by atoms with Crippen LogP contribution in [0.2, 0.25) is 0 Å². The van der Waals surface area contributed by atoms with E-state index in [0.717, 1.165) is 50.2 Å². The molecule has 2 aromatic heterocycles. The molecule has 1 aliphatic carbocycles. The Labute approximate surface area is 162 Å². The summed E-state index contributed by atoms with van der Waals surface area (Å²) in [5.74, 6) is -0.0340. The number of halogens is 1. The van der Waals surface area contributed by atoms with Crippen molar-refractivity contribution in [1.82, 2.24) is 14.8 Å². The number of amides is 1. The molecule has 0 aromatic carbocycles. The molecule has 0 radical (unpaired) electrons. The van der Waals surface area contributed by atoms with Gasteiger partial charge in [-0.05, 0) is 28.8 Å². The van der Waals surface area contributed by atoms with Gasteiger partial charge in [0.15, 0.2) is 10.3 Å². The monoisotopic (exact) mass is 423 g/mol. The first-order valence-corrected chi connectivity index (χ1v) is 10.2. The Kier molecular flexibility index (Phi) is 5.12. The summed E-state index contributed by atoms with van der Waals surface area (Å²) in [7, 11) is 1.90. The summed E-state index contributed by atoms with van der Waals surface area (Å²) in [5, 5.41) is 3.22. The highest BCUT2D eigenvalue weighted by Crippen LogP contribution is 2.34. The third kappa shape index (κ3) is 3.32. The van der Waals surface area contributed by atoms with Gasteiger partial charge in [0, 0.05) is 44.4 Å². The predicted molar refractivity (Wildman–Crippen MR) is 103 cm³/mol. The second-order valence-electron chi connectivity index (χ2n) is 7.46. The summed E-state index contributed by atoms with van der Waals surface area (Å²) >= 11 is 3.34. The smallest absolute Gasteiger partial charge is 0.268 e. The van der Waals surface area contributed by atoms with Crippen LogP contribution >= 0.6 is 15.9 Å². The predicted octanol–water partition coefficient (Wildman–Crippen LogP) is 3.30. The number of morpholine rings is 1. The zero-order chi connectivity index (χ0) is 18.1. The number of hydrogen-bond donors (Lipinski definition) is 1. The van der Waals surface area contributed by atoms with E-state index >= 15 is 0 Å². The molecule has 0 atom stereocenters. The van der Waals surface area contributed by atoms with Crippen LogP contribution < -0.4 is 5.32 Å². The lowest BCUT2D eigenvalue weighted by Crippen LogP contribution is -2.59.